The maximum atomic E-state index is 7.36. The van der Waals surface area contributed by atoms with E-state index >= 15 is 0 Å². The molecule has 2 N–H and O–H groups in total. The van der Waals surface area contributed by atoms with Crippen LogP contribution in [0.25, 0.3) is 17.1 Å². The standard InChI is InChI=1S/C32H38N4O3SSi/c1-7-21-18-36(29-25(21)28(33)34-20-35-29)30-27-26(38-32(5,6)39-27)24(40-30)19-37-41(31(2,3)4,22-14-10-8-11-15-22)23-16-12-9-13-17-23/h7-18,20,24,26-27,30H,1,19H2,2-6H3,(H2,33,34,35)/t24?,26-,27-,30-/m1/s1. The Balaban J connectivity index is 1.40. The monoisotopic (exact) mass is 586 g/mol. The molecule has 2 aromatic carbocycles. The topological polar surface area (TPSA) is 84.4 Å². The van der Waals surface area contributed by atoms with Gasteiger partial charge in [-0.3, -0.25) is 0 Å². The van der Waals surface area contributed by atoms with Crippen molar-refractivity contribution < 1.29 is 13.9 Å². The van der Waals surface area contributed by atoms with Crippen molar-refractivity contribution in [3.8, 4) is 0 Å². The van der Waals surface area contributed by atoms with Crippen molar-refractivity contribution in [1.82, 2.24) is 14.5 Å². The summed E-state index contributed by atoms with van der Waals surface area (Å²) >= 11 is 1.82. The molecule has 2 fully saturated rings. The van der Waals surface area contributed by atoms with Gasteiger partial charge in [0.2, 0.25) is 0 Å². The Hall–Kier alpha value is -2.95. The van der Waals surface area contributed by atoms with E-state index in [2.05, 4.69) is 109 Å². The Kier molecular flexibility index (Phi) is 7.15. The second-order valence-corrected chi connectivity index (χ2v) is 17.9. The molecule has 1 unspecified atom stereocenters. The number of nitrogens with zero attached hydrogens (tertiary/aromatic N) is 3. The zero-order valence-electron chi connectivity index (χ0n) is 24.3. The highest BCUT2D eigenvalue weighted by Gasteiger charge is 2.57. The minimum Gasteiger partial charge on any atom is -0.406 e. The number of hydrogen-bond acceptors (Lipinski definition) is 7. The molecule has 6 rings (SSSR count). The molecule has 4 heterocycles. The van der Waals surface area contributed by atoms with E-state index in [0.717, 1.165) is 16.6 Å². The first kappa shape index (κ1) is 28.2. The normalized spacial score (nSPS) is 24.0. The molecule has 4 aromatic rings. The minimum atomic E-state index is -2.72. The van der Waals surface area contributed by atoms with Crippen molar-refractivity contribution in [3.63, 3.8) is 0 Å². The molecule has 2 aliphatic heterocycles. The van der Waals surface area contributed by atoms with Crippen LogP contribution in [0.1, 0.15) is 45.6 Å². The molecule has 41 heavy (non-hydrogen) atoms. The summed E-state index contributed by atoms with van der Waals surface area (Å²) in [6.45, 7) is 15.4. The summed E-state index contributed by atoms with van der Waals surface area (Å²) in [5.74, 6) is -0.263. The Bertz CT molecular complexity index is 1510. The quantitative estimate of drug-likeness (QED) is 0.292. The van der Waals surface area contributed by atoms with Gasteiger partial charge in [0.15, 0.2) is 5.79 Å². The third-order valence-electron chi connectivity index (χ3n) is 8.17. The van der Waals surface area contributed by atoms with Gasteiger partial charge in [-0.1, -0.05) is 94.1 Å². The van der Waals surface area contributed by atoms with Crippen LogP contribution in [0.4, 0.5) is 5.82 Å². The third-order valence-corrected chi connectivity index (χ3v) is 14.7. The van der Waals surface area contributed by atoms with E-state index in [0.29, 0.717) is 12.4 Å². The Morgan fingerprint density at radius 3 is 2.22 bits per heavy atom. The highest BCUT2D eigenvalue weighted by atomic mass is 32.2. The molecule has 7 nitrogen and oxygen atoms in total. The van der Waals surface area contributed by atoms with Crippen molar-refractivity contribution in [2.24, 2.45) is 0 Å². The molecule has 0 aliphatic carbocycles. The number of benzene rings is 2. The van der Waals surface area contributed by atoms with Crippen LogP contribution in [0.3, 0.4) is 0 Å². The van der Waals surface area contributed by atoms with Crippen LogP contribution >= 0.6 is 11.8 Å². The van der Waals surface area contributed by atoms with Gasteiger partial charge >= 0.3 is 0 Å². The van der Waals surface area contributed by atoms with Gasteiger partial charge in [-0.15, -0.1) is 11.8 Å². The molecule has 214 valence electrons. The summed E-state index contributed by atoms with van der Waals surface area (Å²) in [6.07, 6.45) is 5.03. The summed E-state index contributed by atoms with van der Waals surface area (Å²) in [5, 5.41) is 3.17. The number of thioether (sulfide) groups is 1. The molecule has 4 atom stereocenters. The maximum Gasteiger partial charge on any atom is 0.261 e. The lowest BCUT2D eigenvalue weighted by atomic mass is 10.1. The van der Waals surface area contributed by atoms with Crippen LogP contribution in [-0.2, 0) is 13.9 Å². The van der Waals surface area contributed by atoms with Gasteiger partial charge in [0, 0.05) is 18.4 Å². The van der Waals surface area contributed by atoms with E-state index in [9.17, 15) is 0 Å². The summed E-state index contributed by atoms with van der Waals surface area (Å²) in [6, 6.07) is 21.5. The molecule has 0 spiro atoms. The van der Waals surface area contributed by atoms with Gasteiger partial charge < -0.3 is 24.2 Å². The molecule has 9 heteroatoms. The van der Waals surface area contributed by atoms with Crippen LogP contribution in [0.15, 0.2) is 79.8 Å². The van der Waals surface area contributed by atoms with Crippen molar-refractivity contribution >= 4 is 53.4 Å². The van der Waals surface area contributed by atoms with Gasteiger partial charge in [0.25, 0.3) is 8.32 Å². The van der Waals surface area contributed by atoms with Gasteiger partial charge in [0.05, 0.1) is 10.6 Å². The van der Waals surface area contributed by atoms with Crippen LogP contribution in [0, 0.1) is 0 Å². The van der Waals surface area contributed by atoms with E-state index in [1.165, 1.54) is 16.7 Å². The van der Waals surface area contributed by atoms with E-state index in [4.69, 9.17) is 19.6 Å². The van der Waals surface area contributed by atoms with Gasteiger partial charge in [-0.25, -0.2) is 9.97 Å². The molecule has 0 radical (unpaired) electrons. The average molecular weight is 587 g/mol. The summed E-state index contributed by atoms with van der Waals surface area (Å²) in [4.78, 5) is 8.84. The Labute approximate surface area is 247 Å². The zero-order valence-corrected chi connectivity index (χ0v) is 26.1. The number of anilines is 1. The van der Waals surface area contributed by atoms with Crippen LogP contribution in [-0.4, -0.2) is 52.7 Å². The number of fused-ring (bicyclic) bond motifs is 2. The first-order chi connectivity index (χ1) is 19.6. The van der Waals surface area contributed by atoms with Gasteiger partial charge in [-0.05, 0) is 29.3 Å². The first-order valence-electron chi connectivity index (χ1n) is 14.1. The maximum absolute atomic E-state index is 7.36. The predicted octanol–water partition coefficient (Wildman–Crippen LogP) is 5.37. The fraction of sp³-hybridized carbons (Fsp3) is 0.375. The van der Waals surface area contributed by atoms with Crippen LogP contribution in [0.2, 0.25) is 5.04 Å². The highest BCUT2D eigenvalue weighted by molar-refractivity contribution is 8.00. The van der Waals surface area contributed by atoms with Crippen LogP contribution in [0.5, 0.6) is 0 Å². The molecule has 0 amide bonds. The SMILES string of the molecule is C=Cc1cn([C@@H]2SC(CO[Si](c3ccccc3)(c3ccccc3)C(C)(C)C)[C@H]3OC(C)(C)O[C@H]32)c2ncnc(N)c12. The van der Waals surface area contributed by atoms with Crippen molar-refractivity contribution in [2.45, 2.75) is 68.3 Å². The van der Waals surface area contributed by atoms with Gasteiger partial charge in [0.1, 0.15) is 35.4 Å². The summed E-state index contributed by atoms with van der Waals surface area (Å²) in [5.41, 5.74) is 7.95. The molecule has 2 aromatic heterocycles. The van der Waals surface area contributed by atoms with E-state index in [1.54, 1.807) is 6.08 Å². The van der Waals surface area contributed by atoms with E-state index < -0.39 is 14.1 Å². The number of ether oxygens (including phenoxy) is 2. The van der Waals surface area contributed by atoms with Crippen molar-refractivity contribution in [2.75, 3.05) is 12.3 Å². The van der Waals surface area contributed by atoms with Crippen molar-refractivity contribution in [1.29, 1.82) is 0 Å². The van der Waals surface area contributed by atoms with E-state index in [1.807, 2.05) is 25.6 Å². The average Bonchev–Trinajstić information content (AvgIpc) is 3.58. The largest absolute Gasteiger partial charge is 0.406 e. The number of nitrogen functional groups attached to an aromatic ring is 1. The van der Waals surface area contributed by atoms with Crippen molar-refractivity contribution in [3.05, 3.63) is 85.3 Å². The second kappa shape index (κ2) is 10.4. The highest BCUT2D eigenvalue weighted by Crippen LogP contribution is 2.52. The molecule has 2 saturated heterocycles. The summed E-state index contributed by atoms with van der Waals surface area (Å²) in [7, 11) is -2.72. The molecule has 0 bridgehead atoms. The van der Waals surface area contributed by atoms with E-state index in [-0.39, 0.29) is 27.9 Å². The Morgan fingerprint density at radius 2 is 1.63 bits per heavy atom. The smallest absolute Gasteiger partial charge is 0.261 e. The fourth-order valence-electron chi connectivity index (χ4n) is 6.47. The second-order valence-electron chi connectivity index (χ2n) is 12.3. The lowest BCUT2D eigenvalue weighted by molar-refractivity contribution is -0.149. The lowest BCUT2D eigenvalue weighted by Crippen LogP contribution is -2.67. The molecule has 2 aliphatic rings. The zero-order chi connectivity index (χ0) is 29.0. The third kappa shape index (κ3) is 4.73. The molecular formula is C32H38N4O3SSi. The molecule has 0 saturated carbocycles. The predicted molar refractivity (Wildman–Crippen MR) is 170 cm³/mol. The first-order valence-corrected chi connectivity index (χ1v) is 16.9. The minimum absolute atomic E-state index is 0.0391. The number of aromatic nitrogens is 3. The van der Waals surface area contributed by atoms with Gasteiger partial charge in [-0.2, -0.15) is 0 Å². The number of rotatable bonds is 7. The Morgan fingerprint density at radius 1 is 1.02 bits per heavy atom. The lowest BCUT2D eigenvalue weighted by Gasteiger charge is -2.43. The molecular weight excluding hydrogens is 549 g/mol. The number of nitrogens with two attached hydrogens (primary N) is 1. The summed E-state index contributed by atoms with van der Waals surface area (Å²) < 4.78 is 22.6. The van der Waals surface area contributed by atoms with Crippen LogP contribution < -0.4 is 16.1 Å². The number of hydrogen-bond donors (Lipinski definition) is 1. The fourth-order valence-corrected chi connectivity index (χ4v) is 12.7.